The van der Waals surface area contributed by atoms with Gasteiger partial charge in [0.05, 0.1) is 11.1 Å². The number of hydrogen-bond acceptors (Lipinski definition) is 4. The zero-order valence-corrected chi connectivity index (χ0v) is 15.0. The summed E-state index contributed by atoms with van der Waals surface area (Å²) in [6.45, 7) is 0.202. The van der Waals surface area contributed by atoms with Crippen LogP contribution in [0.2, 0.25) is 5.02 Å². The molecule has 1 aliphatic carbocycles. The summed E-state index contributed by atoms with van der Waals surface area (Å²) in [5.41, 5.74) is 3.04. The van der Waals surface area contributed by atoms with Crippen molar-refractivity contribution in [1.29, 1.82) is 5.26 Å². The second-order valence-electron chi connectivity index (χ2n) is 6.12. The fourth-order valence-corrected chi connectivity index (χ4v) is 4.65. The number of halogens is 1. The van der Waals surface area contributed by atoms with Gasteiger partial charge < -0.3 is 10.1 Å². The molecule has 0 saturated carbocycles. The molecule has 2 heterocycles. The highest BCUT2D eigenvalue weighted by atomic mass is 35.5. The molecule has 1 aliphatic heterocycles. The first-order valence-electron chi connectivity index (χ1n) is 8.14. The second-order valence-corrected chi connectivity index (χ2v) is 7.66. The number of fused-ring (bicyclic) bond motifs is 2. The first kappa shape index (κ1) is 16.2. The summed E-state index contributed by atoms with van der Waals surface area (Å²) >= 11 is 7.53. The Morgan fingerprint density at radius 3 is 3.00 bits per heavy atom. The second kappa shape index (κ2) is 6.55. The van der Waals surface area contributed by atoms with Crippen LogP contribution in [0.1, 0.15) is 34.4 Å². The molecule has 1 N–H and O–H groups in total. The number of amides is 1. The van der Waals surface area contributed by atoms with Crippen LogP contribution in [0.5, 0.6) is 5.75 Å². The van der Waals surface area contributed by atoms with Crippen molar-refractivity contribution in [3.05, 3.63) is 50.4 Å². The maximum absolute atomic E-state index is 12.6. The van der Waals surface area contributed by atoms with Gasteiger partial charge >= 0.3 is 0 Å². The lowest BCUT2D eigenvalue weighted by atomic mass is 9.96. The number of nitrogens with zero attached hydrogens (tertiary/aromatic N) is 1. The van der Waals surface area contributed by atoms with Gasteiger partial charge in [-0.3, -0.25) is 4.79 Å². The molecular weight excluding hydrogens is 356 g/mol. The van der Waals surface area contributed by atoms with E-state index in [0.717, 1.165) is 36.8 Å². The van der Waals surface area contributed by atoms with Crippen molar-refractivity contribution in [2.24, 2.45) is 0 Å². The fraction of sp³-hybridized carbons (Fsp3) is 0.263. The molecule has 0 unspecified atom stereocenters. The Morgan fingerprint density at radius 1 is 1.32 bits per heavy atom. The van der Waals surface area contributed by atoms with Gasteiger partial charge in [-0.1, -0.05) is 11.6 Å². The van der Waals surface area contributed by atoms with Crippen molar-refractivity contribution in [2.75, 3.05) is 11.9 Å². The van der Waals surface area contributed by atoms with Crippen molar-refractivity contribution in [1.82, 2.24) is 0 Å². The number of nitriles is 1. The molecule has 0 saturated heterocycles. The van der Waals surface area contributed by atoms with Crippen LogP contribution in [0.25, 0.3) is 6.08 Å². The third kappa shape index (κ3) is 3.04. The molecule has 2 aliphatic rings. The minimum Gasteiger partial charge on any atom is -0.488 e. The van der Waals surface area contributed by atoms with E-state index in [1.165, 1.54) is 16.2 Å². The summed E-state index contributed by atoms with van der Waals surface area (Å²) in [7, 11) is 0. The summed E-state index contributed by atoms with van der Waals surface area (Å²) in [6, 6.07) is 7.59. The van der Waals surface area contributed by atoms with E-state index in [4.69, 9.17) is 16.3 Å². The number of ether oxygens (including phenoxy) is 1. The Labute approximate surface area is 154 Å². The van der Waals surface area contributed by atoms with E-state index in [1.54, 1.807) is 24.3 Å². The molecule has 2 aromatic rings. The van der Waals surface area contributed by atoms with Crippen molar-refractivity contribution in [2.45, 2.75) is 25.7 Å². The van der Waals surface area contributed by atoms with E-state index in [9.17, 15) is 10.1 Å². The van der Waals surface area contributed by atoms with Crippen LogP contribution in [0.3, 0.4) is 0 Å². The van der Waals surface area contributed by atoms with Gasteiger partial charge in [0.2, 0.25) is 0 Å². The van der Waals surface area contributed by atoms with Crippen LogP contribution < -0.4 is 10.1 Å². The fourth-order valence-electron chi connectivity index (χ4n) is 3.24. The number of carbonyl (C=O) groups excluding carboxylic acids is 1. The maximum atomic E-state index is 12.6. The Hall–Kier alpha value is -2.29. The van der Waals surface area contributed by atoms with Crippen LogP contribution >= 0.6 is 22.9 Å². The molecule has 1 amide bonds. The normalized spacial score (nSPS) is 15.3. The Bertz CT molecular complexity index is 940. The van der Waals surface area contributed by atoms with Crippen molar-refractivity contribution in [3.63, 3.8) is 0 Å². The predicted octanol–water partition coefficient (Wildman–Crippen LogP) is 4.57. The molecule has 0 radical (unpaired) electrons. The molecule has 0 atom stereocenters. The summed E-state index contributed by atoms with van der Waals surface area (Å²) in [5.74, 6) is 0.478. The molecule has 1 aromatic carbocycles. The van der Waals surface area contributed by atoms with Gasteiger partial charge in [0.1, 0.15) is 23.4 Å². The predicted molar refractivity (Wildman–Crippen MR) is 99.2 cm³/mol. The summed E-state index contributed by atoms with van der Waals surface area (Å²) in [6.07, 6.45) is 5.94. The van der Waals surface area contributed by atoms with Gasteiger partial charge in [0, 0.05) is 15.5 Å². The number of rotatable bonds is 2. The quantitative estimate of drug-likeness (QED) is 0.842. The summed E-state index contributed by atoms with van der Waals surface area (Å²) in [5, 5.41) is 13.7. The van der Waals surface area contributed by atoms with Gasteiger partial charge in [-0.05, 0) is 55.5 Å². The summed E-state index contributed by atoms with van der Waals surface area (Å²) in [4.78, 5) is 13.9. The first-order valence-corrected chi connectivity index (χ1v) is 9.34. The lowest BCUT2D eigenvalue weighted by molar-refractivity contribution is -0.113. The lowest BCUT2D eigenvalue weighted by Crippen LogP contribution is -2.21. The minimum absolute atomic E-state index is 0.202. The SMILES string of the molecule is N#Cc1c(NC(=O)C2=Cc3cc(Cl)ccc3OC2)sc2c1CCCC2. The topological polar surface area (TPSA) is 62.1 Å². The molecule has 4 nitrogen and oxygen atoms in total. The zero-order chi connectivity index (χ0) is 17.4. The smallest absolute Gasteiger partial charge is 0.255 e. The highest BCUT2D eigenvalue weighted by Gasteiger charge is 2.24. The van der Waals surface area contributed by atoms with E-state index in [2.05, 4.69) is 11.4 Å². The van der Waals surface area contributed by atoms with Gasteiger partial charge in [0.25, 0.3) is 5.91 Å². The number of benzene rings is 1. The third-order valence-corrected chi connectivity index (χ3v) is 5.93. The third-order valence-electron chi connectivity index (χ3n) is 4.49. The largest absolute Gasteiger partial charge is 0.488 e. The Kier molecular flexibility index (Phi) is 4.24. The number of thiophene rings is 1. The first-order chi connectivity index (χ1) is 12.2. The molecule has 0 spiro atoms. The molecular formula is C19H15ClN2O2S. The summed E-state index contributed by atoms with van der Waals surface area (Å²) < 4.78 is 5.64. The minimum atomic E-state index is -0.235. The lowest BCUT2D eigenvalue weighted by Gasteiger charge is -2.17. The molecule has 126 valence electrons. The van der Waals surface area contributed by atoms with E-state index in [1.807, 2.05) is 0 Å². The van der Waals surface area contributed by atoms with E-state index < -0.39 is 0 Å². The van der Waals surface area contributed by atoms with Gasteiger partial charge in [-0.25, -0.2) is 0 Å². The number of nitrogens with one attached hydrogen (secondary N) is 1. The van der Waals surface area contributed by atoms with Crippen LogP contribution in [0.15, 0.2) is 23.8 Å². The molecule has 4 rings (SSSR count). The number of carbonyl (C=O) groups is 1. The van der Waals surface area contributed by atoms with Crippen molar-refractivity contribution < 1.29 is 9.53 Å². The van der Waals surface area contributed by atoms with E-state index in [0.29, 0.717) is 26.9 Å². The monoisotopic (exact) mass is 370 g/mol. The Balaban J connectivity index is 1.61. The van der Waals surface area contributed by atoms with Crippen LogP contribution in [0, 0.1) is 11.3 Å². The molecule has 0 bridgehead atoms. The molecule has 6 heteroatoms. The van der Waals surface area contributed by atoms with Gasteiger partial charge in [0.15, 0.2) is 0 Å². The van der Waals surface area contributed by atoms with Crippen molar-refractivity contribution in [3.8, 4) is 11.8 Å². The average Bonchev–Trinajstić information content (AvgIpc) is 2.97. The van der Waals surface area contributed by atoms with Crippen molar-refractivity contribution >= 4 is 39.9 Å². The van der Waals surface area contributed by atoms with Crippen LogP contribution in [-0.2, 0) is 17.6 Å². The van der Waals surface area contributed by atoms with E-state index >= 15 is 0 Å². The van der Waals surface area contributed by atoms with Gasteiger partial charge in [-0.2, -0.15) is 5.26 Å². The maximum Gasteiger partial charge on any atom is 0.255 e. The highest BCUT2D eigenvalue weighted by molar-refractivity contribution is 7.16. The highest BCUT2D eigenvalue weighted by Crippen LogP contribution is 2.38. The standard InChI is InChI=1S/C19H15ClN2O2S/c20-13-5-6-16-11(8-13)7-12(10-24-16)18(23)22-19-15(9-21)14-3-1-2-4-17(14)25-19/h5-8H,1-4,10H2,(H,22,23). The zero-order valence-electron chi connectivity index (χ0n) is 13.4. The van der Waals surface area contributed by atoms with Crippen LogP contribution in [-0.4, -0.2) is 12.5 Å². The number of anilines is 1. The molecule has 25 heavy (non-hydrogen) atoms. The Morgan fingerprint density at radius 2 is 2.16 bits per heavy atom. The number of aryl methyl sites for hydroxylation is 1. The molecule has 1 aromatic heterocycles. The van der Waals surface area contributed by atoms with Crippen LogP contribution in [0.4, 0.5) is 5.00 Å². The number of hydrogen-bond donors (Lipinski definition) is 1. The average molecular weight is 371 g/mol. The van der Waals surface area contributed by atoms with E-state index in [-0.39, 0.29) is 12.5 Å². The molecule has 0 fully saturated rings. The van der Waals surface area contributed by atoms with Gasteiger partial charge in [-0.15, -0.1) is 11.3 Å².